The van der Waals surface area contributed by atoms with Crippen LogP contribution in [0, 0.1) is 0 Å². The van der Waals surface area contributed by atoms with E-state index in [9.17, 15) is 9.90 Å². The second-order valence-corrected chi connectivity index (χ2v) is 5.11. The van der Waals surface area contributed by atoms with E-state index in [1.807, 2.05) is 36.2 Å². The molecule has 1 heterocycles. The second-order valence-electron chi connectivity index (χ2n) is 5.11. The maximum atomic E-state index is 11.9. The van der Waals surface area contributed by atoms with Crippen LogP contribution >= 0.6 is 0 Å². The molecule has 1 fully saturated rings. The van der Waals surface area contributed by atoms with Gasteiger partial charge in [-0.2, -0.15) is 0 Å². The number of methoxy groups -OCH3 is 1. The van der Waals surface area contributed by atoms with Crippen molar-refractivity contribution >= 4 is 5.78 Å². The van der Waals surface area contributed by atoms with Crippen LogP contribution in [-0.2, 0) is 4.79 Å². The molecule has 98 valence electrons. The van der Waals surface area contributed by atoms with Gasteiger partial charge >= 0.3 is 0 Å². The Bertz CT molecular complexity index is 439. The number of hydrogen-bond donors (Lipinski definition) is 1. The van der Waals surface area contributed by atoms with Gasteiger partial charge in [-0.3, -0.25) is 9.69 Å². The summed E-state index contributed by atoms with van der Waals surface area (Å²) in [6.07, 6.45) is 0.343. The van der Waals surface area contributed by atoms with E-state index in [2.05, 4.69) is 0 Å². The minimum Gasteiger partial charge on any atom is -0.497 e. The highest BCUT2D eigenvalue weighted by Crippen LogP contribution is 2.32. The number of β-amino-alcohol motifs (C(OH)–C–C–N with tert-alkyl or cyclic N) is 1. The summed E-state index contributed by atoms with van der Waals surface area (Å²) in [7, 11) is 3.55. The average molecular weight is 249 g/mol. The minimum atomic E-state index is -1.22. The average Bonchev–Trinajstić information content (AvgIpc) is 2.33. The van der Waals surface area contributed by atoms with Crippen molar-refractivity contribution in [2.24, 2.45) is 0 Å². The Labute approximate surface area is 107 Å². The normalized spacial score (nSPS) is 29.3. The first kappa shape index (κ1) is 13.1. The summed E-state index contributed by atoms with van der Waals surface area (Å²) in [6.45, 7) is 1.94. The molecule has 0 spiro atoms. The molecule has 0 radical (unpaired) electrons. The fraction of sp³-hybridized carbons (Fsp3) is 0.500. The zero-order valence-electron chi connectivity index (χ0n) is 11.0. The molecule has 4 nitrogen and oxygen atoms in total. The zero-order chi connectivity index (χ0) is 13.3. The molecule has 0 saturated carbocycles. The van der Waals surface area contributed by atoms with Gasteiger partial charge in [-0.1, -0.05) is 12.1 Å². The molecular formula is C14H19NO3. The number of ketones is 1. The highest BCUT2D eigenvalue weighted by molar-refractivity contribution is 5.88. The molecule has 18 heavy (non-hydrogen) atoms. The lowest BCUT2D eigenvalue weighted by Gasteiger charge is -2.39. The Morgan fingerprint density at radius 3 is 2.56 bits per heavy atom. The maximum absolute atomic E-state index is 11.9. The molecule has 1 aromatic rings. The molecule has 2 atom stereocenters. The molecule has 1 saturated heterocycles. The van der Waals surface area contributed by atoms with E-state index in [4.69, 9.17) is 4.74 Å². The Balaban J connectivity index is 2.20. The van der Waals surface area contributed by atoms with Crippen molar-refractivity contribution in [1.82, 2.24) is 4.90 Å². The Morgan fingerprint density at radius 2 is 2.00 bits per heavy atom. The molecule has 2 rings (SSSR count). The number of Topliss-reactive ketones (excluding diaryl/α,β-unsaturated/α-hetero) is 1. The van der Waals surface area contributed by atoms with Crippen LogP contribution in [0.4, 0.5) is 0 Å². The van der Waals surface area contributed by atoms with Crippen molar-refractivity contribution in [1.29, 1.82) is 0 Å². The quantitative estimate of drug-likeness (QED) is 0.860. The number of benzene rings is 1. The predicted octanol–water partition coefficient (Wildman–Crippen LogP) is 1.39. The van der Waals surface area contributed by atoms with Gasteiger partial charge in [0, 0.05) is 19.0 Å². The summed E-state index contributed by atoms with van der Waals surface area (Å²) in [5.74, 6) is 0.706. The van der Waals surface area contributed by atoms with Crippen molar-refractivity contribution in [2.75, 3.05) is 20.7 Å². The van der Waals surface area contributed by atoms with Gasteiger partial charge in [0.2, 0.25) is 0 Å². The Hall–Kier alpha value is -1.39. The van der Waals surface area contributed by atoms with Gasteiger partial charge in [-0.25, -0.2) is 0 Å². The number of aliphatic hydroxyl groups is 1. The number of carbonyl (C=O) groups excluding carboxylic acids is 1. The summed E-state index contributed by atoms with van der Waals surface area (Å²) < 4.78 is 5.12. The second kappa shape index (κ2) is 4.71. The first-order valence-corrected chi connectivity index (χ1v) is 6.04. The topological polar surface area (TPSA) is 49.8 Å². The van der Waals surface area contributed by atoms with Crippen LogP contribution in [0.1, 0.15) is 24.9 Å². The van der Waals surface area contributed by atoms with Gasteiger partial charge in [-0.05, 0) is 31.7 Å². The number of piperidine rings is 1. The summed E-state index contributed by atoms with van der Waals surface area (Å²) in [4.78, 5) is 13.9. The summed E-state index contributed by atoms with van der Waals surface area (Å²) in [5, 5.41) is 9.95. The lowest BCUT2D eigenvalue weighted by atomic mass is 9.86. The van der Waals surface area contributed by atoms with E-state index in [0.717, 1.165) is 11.3 Å². The van der Waals surface area contributed by atoms with E-state index >= 15 is 0 Å². The molecule has 4 heteroatoms. The number of carbonyl (C=O) groups is 1. The third kappa shape index (κ3) is 2.40. The molecule has 2 unspecified atom stereocenters. The van der Waals surface area contributed by atoms with Crippen molar-refractivity contribution in [3.8, 4) is 5.75 Å². The first-order valence-electron chi connectivity index (χ1n) is 6.04. The lowest BCUT2D eigenvalue weighted by Crippen LogP contribution is -2.52. The van der Waals surface area contributed by atoms with Gasteiger partial charge in [0.25, 0.3) is 0 Å². The van der Waals surface area contributed by atoms with Crippen molar-refractivity contribution in [3.63, 3.8) is 0 Å². The van der Waals surface area contributed by atoms with E-state index < -0.39 is 5.60 Å². The van der Waals surface area contributed by atoms with Crippen LogP contribution in [0.15, 0.2) is 24.3 Å². The third-order valence-electron chi connectivity index (χ3n) is 3.57. The minimum absolute atomic E-state index is 0.0311. The summed E-state index contributed by atoms with van der Waals surface area (Å²) >= 11 is 0. The molecule has 1 aliphatic rings. The lowest BCUT2D eigenvalue weighted by molar-refractivity contribution is -0.144. The highest BCUT2D eigenvalue weighted by atomic mass is 16.5. The number of likely N-dealkylation sites (tertiary alicyclic amines) is 1. The van der Waals surface area contributed by atoms with Crippen LogP contribution in [0.3, 0.4) is 0 Å². The SMILES string of the molecule is COc1ccc(C2CC(=O)C(C)(O)CN2C)cc1. The van der Waals surface area contributed by atoms with Gasteiger partial charge in [0.05, 0.1) is 7.11 Å². The Kier molecular flexibility index (Phi) is 3.41. The standard InChI is InChI=1S/C14H19NO3/c1-14(17)9-15(2)12(8-13(14)16)10-4-6-11(18-3)7-5-10/h4-7,12,17H,8-9H2,1-3H3. The molecule has 0 aromatic heterocycles. The molecule has 0 bridgehead atoms. The van der Waals surface area contributed by atoms with Crippen LogP contribution in [0.5, 0.6) is 5.75 Å². The fourth-order valence-corrected chi connectivity index (χ4v) is 2.43. The van der Waals surface area contributed by atoms with Crippen molar-refractivity contribution in [3.05, 3.63) is 29.8 Å². The number of nitrogens with zero attached hydrogens (tertiary/aromatic N) is 1. The molecule has 0 aliphatic carbocycles. The molecule has 1 aliphatic heterocycles. The molecule has 1 aromatic carbocycles. The van der Waals surface area contributed by atoms with E-state index in [-0.39, 0.29) is 11.8 Å². The van der Waals surface area contributed by atoms with Gasteiger partial charge in [-0.15, -0.1) is 0 Å². The van der Waals surface area contributed by atoms with Crippen LogP contribution < -0.4 is 4.74 Å². The van der Waals surface area contributed by atoms with E-state index in [1.54, 1.807) is 14.0 Å². The maximum Gasteiger partial charge on any atom is 0.167 e. The van der Waals surface area contributed by atoms with Crippen molar-refractivity contribution in [2.45, 2.75) is 25.0 Å². The largest absolute Gasteiger partial charge is 0.497 e. The third-order valence-corrected chi connectivity index (χ3v) is 3.57. The number of likely N-dealkylation sites (N-methyl/N-ethyl adjacent to an activating group) is 1. The number of ether oxygens (including phenoxy) is 1. The highest BCUT2D eigenvalue weighted by Gasteiger charge is 2.40. The van der Waals surface area contributed by atoms with Crippen LogP contribution in [0.25, 0.3) is 0 Å². The van der Waals surface area contributed by atoms with E-state index in [1.165, 1.54) is 0 Å². The van der Waals surface area contributed by atoms with Gasteiger partial charge in [0.1, 0.15) is 11.4 Å². The zero-order valence-corrected chi connectivity index (χ0v) is 11.0. The Morgan fingerprint density at radius 1 is 1.39 bits per heavy atom. The molecule has 1 N–H and O–H groups in total. The van der Waals surface area contributed by atoms with Crippen LogP contribution in [0.2, 0.25) is 0 Å². The smallest absolute Gasteiger partial charge is 0.167 e. The van der Waals surface area contributed by atoms with Crippen LogP contribution in [-0.4, -0.2) is 42.1 Å². The molecule has 0 amide bonds. The van der Waals surface area contributed by atoms with Crippen molar-refractivity contribution < 1.29 is 14.6 Å². The molecular weight excluding hydrogens is 230 g/mol. The predicted molar refractivity (Wildman–Crippen MR) is 68.6 cm³/mol. The van der Waals surface area contributed by atoms with E-state index in [0.29, 0.717) is 13.0 Å². The summed E-state index contributed by atoms with van der Waals surface area (Å²) in [5.41, 5.74) is -0.153. The first-order chi connectivity index (χ1) is 8.44. The number of rotatable bonds is 2. The summed E-state index contributed by atoms with van der Waals surface area (Å²) in [6, 6.07) is 7.74. The fourth-order valence-electron chi connectivity index (χ4n) is 2.43. The van der Waals surface area contributed by atoms with Gasteiger partial charge in [0.15, 0.2) is 5.78 Å². The monoisotopic (exact) mass is 249 g/mol. The number of hydrogen-bond acceptors (Lipinski definition) is 4. The van der Waals surface area contributed by atoms with Gasteiger partial charge < -0.3 is 9.84 Å².